The van der Waals surface area contributed by atoms with Crippen LogP contribution in [0.3, 0.4) is 0 Å². The number of carbonyl (C=O) groups excluding carboxylic acids is 2. The summed E-state index contributed by atoms with van der Waals surface area (Å²) in [6, 6.07) is 3.46. The highest BCUT2D eigenvalue weighted by Gasteiger charge is 2.26. The number of fused-ring (bicyclic) bond motifs is 1. The number of ether oxygens (including phenoxy) is 2. The van der Waals surface area contributed by atoms with E-state index in [1.54, 1.807) is 19.1 Å². The zero-order valence-corrected chi connectivity index (χ0v) is 15.7. The first-order valence-electron chi connectivity index (χ1n) is 8.57. The number of aryl methyl sites for hydroxylation is 1. The van der Waals surface area contributed by atoms with Gasteiger partial charge >= 0.3 is 11.9 Å². The van der Waals surface area contributed by atoms with Gasteiger partial charge in [-0.2, -0.15) is 5.10 Å². The minimum absolute atomic E-state index is 0.330. The molecule has 2 aromatic heterocycles. The van der Waals surface area contributed by atoms with Crippen LogP contribution in [-0.2, 0) is 28.2 Å². The molecule has 3 heterocycles. The van der Waals surface area contributed by atoms with Crippen molar-refractivity contribution < 1.29 is 19.1 Å². The van der Waals surface area contributed by atoms with Gasteiger partial charge in [0, 0.05) is 18.5 Å². The quantitative estimate of drug-likeness (QED) is 0.567. The van der Waals surface area contributed by atoms with Crippen LogP contribution in [0, 0.1) is 0 Å². The molecule has 26 heavy (non-hydrogen) atoms. The van der Waals surface area contributed by atoms with Crippen molar-refractivity contribution in [2.24, 2.45) is 0 Å². The van der Waals surface area contributed by atoms with Crippen LogP contribution in [0.15, 0.2) is 23.4 Å². The number of aromatic nitrogens is 3. The summed E-state index contributed by atoms with van der Waals surface area (Å²) in [5.74, 6) is -0.211. The van der Waals surface area contributed by atoms with Gasteiger partial charge in [-0.15, -0.1) is 0 Å². The Kier molecular flexibility index (Phi) is 5.92. The van der Waals surface area contributed by atoms with E-state index in [0.717, 1.165) is 42.2 Å². The number of thioether (sulfide) groups is 1. The van der Waals surface area contributed by atoms with E-state index in [2.05, 4.69) is 10.1 Å². The summed E-state index contributed by atoms with van der Waals surface area (Å²) < 4.78 is 11.8. The Labute approximate surface area is 156 Å². The molecule has 0 bridgehead atoms. The van der Waals surface area contributed by atoms with E-state index in [9.17, 15) is 9.59 Å². The minimum Gasteiger partial charge on any atom is -0.465 e. The average Bonchev–Trinajstić information content (AvgIpc) is 3.04. The van der Waals surface area contributed by atoms with Gasteiger partial charge in [-0.3, -0.25) is 4.68 Å². The molecule has 1 aliphatic rings. The fraction of sp³-hybridized carbons (Fsp3) is 0.444. The number of hydrogen-bond donors (Lipinski definition) is 0. The van der Waals surface area contributed by atoms with Gasteiger partial charge in [-0.25, -0.2) is 14.6 Å². The molecule has 138 valence electrons. The normalized spacial score (nSPS) is 13.2. The number of nitrogens with zero attached hydrogens (tertiary/aromatic N) is 3. The monoisotopic (exact) mass is 375 g/mol. The first-order valence-corrected chi connectivity index (χ1v) is 9.55. The van der Waals surface area contributed by atoms with Crippen LogP contribution >= 0.6 is 11.8 Å². The molecule has 0 saturated carbocycles. The summed E-state index contributed by atoms with van der Waals surface area (Å²) in [7, 11) is 1.39. The first kappa shape index (κ1) is 18.4. The molecule has 0 atom stereocenters. The van der Waals surface area contributed by atoms with Crippen molar-refractivity contribution in [3.63, 3.8) is 0 Å². The second kappa shape index (κ2) is 8.35. The smallest absolute Gasteiger partial charge is 0.341 e. The number of carbonyl (C=O) groups is 2. The van der Waals surface area contributed by atoms with E-state index in [1.165, 1.54) is 25.1 Å². The summed E-state index contributed by atoms with van der Waals surface area (Å²) in [5.41, 5.74) is 2.69. The highest BCUT2D eigenvalue weighted by molar-refractivity contribution is 7.98. The third-order valence-electron chi connectivity index (χ3n) is 4.16. The van der Waals surface area contributed by atoms with Gasteiger partial charge in [0.25, 0.3) is 0 Å². The Morgan fingerprint density at radius 3 is 2.81 bits per heavy atom. The fourth-order valence-corrected chi connectivity index (χ4v) is 3.70. The molecule has 0 radical (unpaired) electrons. The molecule has 0 unspecified atom stereocenters. The predicted molar refractivity (Wildman–Crippen MR) is 96.3 cm³/mol. The van der Waals surface area contributed by atoms with Crippen molar-refractivity contribution in [3.05, 3.63) is 40.8 Å². The Balaban J connectivity index is 1.74. The Bertz CT molecular complexity index is 802. The molecule has 0 N–H and O–H groups in total. The number of rotatable bonds is 6. The molecule has 0 saturated heterocycles. The second-order valence-electron chi connectivity index (χ2n) is 5.83. The molecule has 0 aromatic carbocycles. The Morgan fingerprint density at radius 1 is 1.27 bits per heavy atom. The van der Waals surface area contributed by atoms with E-state index in [0.29, 0.717) is 23.5 Å². The second-order valence-corrected chi connectivity index (χ2v) is 6.83. The van der Waals surface area contributed by atoms with Crippen molar-refractivity contribution in [1.82, 2.24) is 14.8 Å². The fourth-order valence-electron chi connectivity index (χ4n) is 2.93. The SMILES string of the molecule is CCOC(=O)c1ccc(SCc2nn3c(c2C(=O)OC)CCCC3)nc1. The van der Waals surface area contributed by atoms with Gasteiger partial charge in [-0.05, 0) is 38.3 Å². The van der Waals surface area contributed by atoms with Crippen LogP contribution in [0.1, 0.15) is 51.9 Å². The summed E-state index contributed by atoms with van der Waals surface area (Å²) in [5, 5.41) is 5.35. The molecule has 3 rings (SSSR count). The maximum Gasteiger partial charge on any atom is 0.341 e. The van der Waals surface area contributed by atoms with E-state index >= 15 is 0 Å². The molecular formula is C18H21N3O4S. The van der Waals surface area contributed by atoms with Crippen molar-refractivity contribution >= 4 is 23.7 Å². The van der Waals surface area contributed by atoms with Crippen molar-refractivity contribution in [2.75, 3.05) is 13.7 Å². The zero-order valence-electron chi connectivity index (χ0n) is 14.9. The third kappa shape index (κ3) is 3.90. The predicted octanol–water partition coefficient (Wildman–Crippen LogP) is 2.87. The highest BCUT2D eigenvalue weighted by Crippen LogP contribution is 2.27. The third-order valence-corrected chi connectivity index (χ3v) is 5.11. The lowest BCUT2D eigenvalue weighted by atomic mass is 10.1. The number of methoxy groups -OCH3 is 1. The van der Waals surface area contributed by atoms with Crippen LogP contribution in [-0.4, -0.2) is 40.4 Å². The molecule has 1 aliphatic heterocycles. The van der Waals surface area contributed by atoms with Gasteiger partial charge in [0.1, 0.15) is 5.56 Å². The lowest BCUT2D eigenvalue weighted by molar-refractivity contribution is 0.0524. The first-order chi connectivity index (χ1) is 12.6. The van der Waals surface area contributed by atoms with Crippen molar-refractivity contribution in [1.29, 1.82) is 0 Å². The molecule has 0 aliphatic carbocycles. The van der Waals surface area contributed by atoms with Crippen LogP contribution < -0.4 is 0 Å². The molecule has 0 amide bonds. The van der Waals surface area contributed by atoms with Gasteiger partial charge in [0.15, 0.2) is 0 Å². The zero-order chi connectivity index (χ0) is 18.5. The van der Waals surface area contributed by atoms with Gasteiger partial charge < -0.3 is 9.47 Å². The van der Waals surface area contributed by atoms with Crippen LogP contribution in [0.5, 0.6) is 0 Å². The Morgan fingerprint density at radius 2 is 2.12 bits per heavy atom. The standard InChI is InChI=1S/C18H21N3O4S/c1-3-25-17(22)12-7-8-15(19-10-12)26-11-13-16(18(23)24-2)14-6-4-5-9-21(14)20-13/h7-8,10H,3-6,9,11H2,1-2H3. The maximum atomic E-state index is 12.2. The van der Waals surface area contributed by atoms with Crippen LogP contribution in [0.25, 0.3) is 0 Å². The summed E-state index contributed by atoms with van der Waals surface area (Å²) in [6.45, 7) is 2.92. The number of esters is 2. The van der Waals surface area contributed by atoms with Crippen molar-refractivity contribution in [3.8, 4) is 0 Å². The summed E-state index contributed by atoms with van der Waals surface area (Å²) in [6.07, 6.45) is 4.46. The topological polar surface area (TPSA) is 83.3 Å². The maximum absolute atomic E-state index is 12.2. The van der Waals surface area contributed by atoms with Crippen LogP contribution in [0.2, 0.25) is 0 Å². The van der Waals surface area contributed by atoms with Crippen LogP contribution in [0.4, 0.5) is 0 Å². The minimum atomic E-state index is -0.383. The van der Waals surface area contributed by atoms with Gasteiger partial charge in [-0.1, -0.05) is 11.8 Å². The lowest BCUT2D eigenvalue weighted by Gasteiger charge is -2.13. The van der Waals surface area contributed by atoms with E-state index < -0.39 is 0 Å². The van der Waals surface area contributed by atoms with E-state index in [1.807, 2.05) is 4.68 Å². The number of pyridine rings is 1. The largest absolute Gasteiger partial charge is 0.465 e. The van der Waals surface area contributed by atoms with Gasteiger partial charge in [0.05, 0.1) is 35.7 Å². The summed E-state index contributed by atoms with van der Waals surface area (Å²) in [4.78, 5) is 28.2. The number of hydrogen-bond acceptors (Lipinski definition) is 7. The Hall–Kier alpha value is -2.35. The van der Waals surface area contributed by atoms with E-state index in [4.69, 9.17) is 9.47 Å². The molecule has 7 nitrogen and oxygen atoms in total. The molecule has 2 aromatic rings. The van der Waals surface area contributed by atoms with E-state index in [-0.39, 0.29) is 11.9 Å². The summed E-state index contributed by atoms with van der Waals surface area (Å²) >= 11 is 1.47. The molecule has 0 spiro atoms. The molecular weight excluding hydrogens is 354 g/mol. The molecule has 0 fully saturated rings. The molecule has 8 heteroatoms. The van der Waals surface area contributed by atoms with Gasteiger partial charge in [0.2, 0.25) is 0 Å². The average molecular weight is 375 g/mol. The lowest BCUT2D eigenvalue weighted by Crippen LogP contribution is -2.14. The highest BCUT2D eigenvalue weighted by atomic mass is 32.2. The van der Waals surface area contributed by atoms with Crippen molar-refractivity contribution in [2.45, 2.75) is 43.5 Å².